The van der Waals surface area contributed by atoms with E-state index in [-0.39, 0.29) is 11.8 Å². The van der Waals surface area contributed by atoms with Crippen molar-refractivity contribution in [3.8, 4) is 5.75 Å². The fourth-order valence-electron chi connectivity index (χ4n) is 3.03. The third-order valence-corrected chi connectivity index (χ3v) is 5.04. The van der Waals surface area contributed by atoms with Gasteiger partial charge in [0, 0.05) is 35.8 Å². The minimum atomic E-state index is -0.107. The Morgan fingerprint density at radius 3 is 2.43 bits per heavy atom. The Hall–Kier alpha value is -2.24. The predicted molar refractivity (Wildman–Crippen MR) is 111 cm³/mol. The van der Waals surface area contributed by atoms with Crippen molar-refractivity contribution in [1.82, 2.24) is 4.90 Å². The Kier molecular flexibility index (Phi) is 7.18. The molecule has 2 aromatic carbocycles. The Morgan fingerprint density at radius 2 is 1.75 bits per heavy atom. The molecule has 0 aromatic heterocycles. The highest BCUT2D eigenvalue weighted by Crippen LogP contribution is 2.27. The molecule has 1 aliphatic rings. The van der Waals surface area contributed by atoms with E-state index >= 15 is 0 Å². The number of nitrogens with one attached hydrogen (secondary N) is 1. The molecule has 1 N–H and O–H groups in total. The molecule has 0 saturated carbocycles. The first-order valence-electron chi connectivity index (χ1n) is 9.30. The normalized spacial score (nSPS) is 13.4. The lowest BCUT2D eigenvalue weighted by Gasteiger charge is -2.15. The van der Waals surface area contributed by atoms with E-state index in [1.165, 1.54) is 0 Å². The molecule has 7 heteroatoms. The van der Waals surface area contributed by atoms with Crippen LogP contribution in [0.4, 0.5) is 5.69 Å². The lowest BCUT2D eigenvalue weighted by atomic mass is 10.2. The fourth-order valence-corrected chi connectivity index (χ4v) is 3.49. The van der Waals surface area contributed by atoms with Crippen LogP contribution in [0.25, 0.3) is 0 Å². The Balaban J connectivity index is 1.41. The van der Waals surface area contributed by atoms with Gasteiger partial charge in [-0.2, -0.15) is 0 Å². The first-order valence-corrected chi connectivity index (χ1v) is 10.1. The zero-order valence-corrected chi connectivity index (χ0v) is 16.9. The van der Waals surface area contributed by atoms with Crippen LogP contribution in [-0.2, 0) is 4.79 Å². The second-order valence-electron chi connectivity index (χ2n) is 6.65. The van der Waals surface area contributed by atoms with E-state index in [1.54, 1.807) is 42.5 Å². The van der Waals surface area contributed by atoms with Gasteiger partial charge in [-0.25, -0.2) is 0 Å². The summed E-state index contributed by atoms with van der Waals surface area (Å²) in [6, 6.07) is 12.0. The van der Waals surface area contributed by atoms with E-state index in [4.69, 9.17) is 27.9 Å². The minimum absolute atomic E-state index is 0.0494. The van der Waals surface area contributed by atoms with Crippen LogP contribution in [0.5, 0.6) is 5.75 Å². The second kappa shape index (κ2) is 9.80. The van der Waals surface area contributed by atoms with Gasteiger partial charge in [-0.1, -0.05) is 23.2 Å². The molecule has 3 rings (SSSR count). The lowest BCUT2D eigenvalue weighted by Crippen LogP contribution is -2.27. The zero-order chi connectivity index (χ0) is 19.9. The summed E-state index contributed by atoms with van der Waals surface area (Å²) >= 11 is 11.9. The smallest absolute Gasteiger partial charge is 0.253 e. The molecular weight excluding hydrogens is 399 g/mol. The van der Waals surface area contributed by atoms with Crippen molar-refractivity contribution in [2.45, 2.75) is 25.7 Å². The molecule has 2 aromatic rings. The van der Waals surface area contributed by atoms with Gasteiger partial charge in [-0.05, 0) is 61.7 Å². The summed E-state index contributed by atoms with van der Waals surface area (Å²) in [5.74, 6) is 0.488. The number of hydrogen-bond donors (Lipinski definition) is 1. The fraction of sp³-hybridized carbons (Fsp3) is 0.333. The van der Waals surface area contributed by atoms with E-state index in [0.29, 0.717) is 46.5 Å². The summed E-state index contributed by atoms with van der Waals surface area (Å²) < 4.78 is 5.57. The summed E-state index contributed by atoms with van der Waals surface area (Å²) in [6.07, 6.45) is 3.00. The number of benzene rings is 2. The van der Waals surface area contributed by atoms with Gasteiger partial charge >= 0.3 is 0 Å². The Labute approximate surface area is 174 Å². The molecule has 1 aliphatic heterocycles. The highest BCUT2D eigenvalue weighted by molar-refractivity contribution is 6.35. The number of carbonyl (C=O) groups is 2. The molecular formula is C21H22Cl2N2O3. The number of carbonyl (C=O) groups excluding carboxylic acids is 2. The van der Waals surface area contributed by atoms with Gasteiger partial charge in [0.1, 0.15) is 5.75 Å². The number of amides is 2. The van der Waals surface area contributed by atoms with Crippen molar-refractivity contribution >= 4 is 40.7 Å². The number of ether oxygens (including phenoxy) is 1. The quantitative estimate of drug-likeness (QED) is 0.639. The maximum atomic E-state index is 12.3. The van der Waals surface area contributed by atoms with Crippen molar-refractivity contribution in [2.75, 3.05) is 25.0 Å². The van der Waals surface area contributed by atoms with E-state index in [0.717, 1.165) is 25.9 Å². The van der Waals surface area contributed by atoms with Crippen LogP contribution in [0.1, 0.15) is 36.0 Å². The van der Waals surface area contributed by atoms with E-state index < -0.39 is 0 Å². The van der Waals surface area contributed by atoms with E-state index in [1.807, 2.05) is 4.90 Å². The van der Waals surface area contributed by atoms with Crippen molar-refractivity contribution in [2.24, 2.45) is 0 Å². The van der Waals surface area contributed by atoms with Gasteiger partial charge in [0.05, 0.1) is 11.6 Å². The average molecular weight is 421 g/mol. The number of hydrogen-bond acceptors (Lipinski definition) is 3. The lowest BCUT2D eigenvalue weighted by molar-refractivity contribution is -0.116. The summed E-state index contributed by atoms with van der Waals surface area (Å²) in [7, 11) is 0. The van der Waals surface area contributed by atoms with Crippen LogP contribution in [0.2, 0.25) is 10.0 Å². The van der Waals surface area contributed by atoms with E-state index in [2.05, 4.69) is 5.32 Å². The topological polar surface area (TPSA) is 58.6 Å². The van der Waals surface area contributed by atoms with Crippen LogP contribution in [0.3, 0.4) is 0 Å². The van der Waals surface area contributed by atoms with Gasteiger partial charge in [-0.3, -0.25) is 9.59 Å². The molecule has 1 saturated heterocycles. The molecule has 1 fully saturated rings. The number of halogens is 2. The molecule has 5 nitrogen and oxygen atoms in total. The molecule has 0 unspecified atom stereocenters. The van der Waals surface area contributed by atoms with Gasteiger partial charge in [-0.15, -0.1) is 0 Å². The molecule has 148 valence electrons. The number of likely N-dealkylation sites (tertiary alicyclic amines) is 1. The number of rotatable bonds is 7. The molecule has 0 aliphatic carbocycles. The van der Waals surface area contributed by atoms with Crippen molar-refractivity contribution in [3.05, 3.63) is 58.1 Å². The number of anilines is 1. The SMILES string of the molecule is O=C(CCCOc1ccc(Cl)cc1Cl)Nc1ccc(C(=O)N2CCCC2)cc1. The molecule has 2 amide bonds. The standard InChI is InChI=1S/C21H22Cl2N2O3/c22-16-7-10-19(18(23)14-16)28-13-3-4-20(26)24-17-8-5-15(6-9-17)21(27)25-11-1-2-12-25/h5-10,14H,1-4,11-13H2,(H,24,26). The third-order valence-electron chi connectivity index (χ3n) is 4.51. The maximum absolute atomic E-state index is 12.3. The largest absolute Gasteiger partial charge is 0.492 e. The van der Waals surface area contributed by atoms with Gasteiger partial charge in [0.25, 0.3) is 5.91 Å². The molecule has 28 heavy (non-hydrogen) atoms. The summed E-state index contributed by atoms with van der Waals surface area (Å²) in [4.78, 5) is 26.3. The van der Waals surface area contributed by atoms with Gasteiger partial charge < -0.3 is 15.0 Å². The molecule has 0 spiro atoms. The van der Waals surface area contributed by atoms with Crippen molar-refractivity contribution < 1.29 is 14.3 Å². The predicted octanol–water partition coefficient (Wildman–Crippen LogP) is 5.03. The Bertz CT molecular complexity index is 834. The van der Waals surface area contributed by atoms with Crippen LogP contribution in [0, 0.1) is 0 Å². The summed E-state index contributed by atoms with van der Waals surface area (Å²) in [5.41, 5.74) is 1.32. The summed E-state index contributed by atoms with van der Waals surface area (Å²) in [6.45, 7) is 2.01. The number of nitrogens with zero attached hydrogens (tertiary/aromatic N) is 1. The minimum Gasteiger partial charge on any atom is -0.492 e. The molecule has 0 radical (unpaired) electrons. The van der Waals surface area contributed by atoms with Crippen LogP contribution in [0.15, 0.2) is 42.5 Å². The van der Waals surface area contributed by atoms with Crippen LogP contribution >= 0.6 is 23.2 Å². The molecule has 1 heterocycles. The van der Waals surface area contributed by atoms with E-state index in [9.17, 15) is 9.59 Å². The van der Waals surface area contributed by atoms with Crippen molar-refractivity contribution in [3.63, 3.8) is 0 Å². The Morgan fingerprint density at radius 1 is 1.04 bits per heavy atom. The highest BCUT2D eigenvalue weighted by Gasteiger charge is 2.19. The van der Waals surface area contributed by atoms with Crippen molar-refractivity contribution in [1.29, 1.82) is 0 Å². The highest BCUT2D eigenvalue weighted by atomic mass is 35.5. The second-order valence-corrected chi connectivity index (χ2v) is 7.50. The first kappa shape index (κ1) is 20.5. The average Bonchev–Trinajstić information content (AvgIpc) is 3.21. The zero-order valence-electron chi connectivity index (χ0n) is 15.4. The third kappa shape index (κ3) is 5.63. The molecule has 0 bridgehead atoms. The maximum Gasteiger partial charge on any atom is 0.253 e. The van der Waals surface area contributed by atoms with Gasteiger partial charge in [0.15, 0.2) is 0 Å². The first-order chi connectivity index (χ1) is 13.5. The summed E-state index contributed by atoms with van der Waals surface area (Å²) in [5, 5.41) is 3.82. The van der Waals surface area contributed by atoms with Crippen LogP contribution < -0.4 is 10.1 Å². The monoisotopic (exact) mass is 420 g/mol. The van der Waals surface area contributed by atoms with Gasteiger partial charge in [0.2, 0.25) is 5.91 Å². The molecule has 0 atom stereocenters. The van der Waals surface area contributed by atoms with Crippen LogP contribution in [-0.4, -0.2) is 36.4 Å².